The highest BCUT2D eigenvalue weighted by Gasteiger charge is 2.12. The average molecular weight is 317 g/mol. The number of benzene rings is 1. The fraction of sp³-hybridized carbons (Fsp3) is 0.526. The van der Waals surface area contributed by atoms with Crippen LogP contribution in [0.15, 0.2) is 27.4 Å². The van der Waals surface area contributed by atoms with Gasteiger partial charge in [-0.25, -0.2) is 4.79 Å². The smallest absolute Gasteiger partial charge is 0.336 e. The molecule has 4 heteroatoms. The molecule has 126 valence electrons. The summed E-state index contributed by atoms with van der Waals surface area (Å²) in [6.07, 6.45) is 0.975. The van der Waals surface area contributed by atoms with E-state index in [9.17, 15) is 4.79 Å². The average Bonchev–Trinajstić information content (AvgIpc) is 2.46. The molecule has 0 amide bonds. The van der Waals surface area contributed by atoms with Crippen LogP contribution in [0, 0.1) is 6.92 Å². The highest BCUT2D eigenvalue weighted by atomic mass is 16.5. The first-order valence-electron chi connectivity index (χ1n) is 8.17. The fourth-order valence-electron chi connectivity index (χ4n) is 2.99. The van der Waals surface area contributed by atoms with E-state index >= 15 is 0 Å². The first-order valence-corrected chi connectivity index (χ1v) is 8.17. The summed E-state index contributed by atoms with van der Waals surface area (Å²) in [5.74, 6) is 0.443. The lowest BCUT2D eigenvalue weighted by Gasteiger charge is -2.18. The molecule has 0 saturated carbocycles. The Morgan fingerprint density at radius 1 is 1.26 bits per heavy atom. The van der Waals surface area contributed by atoms with Gasteiger partial charge in [0.25, 0.3) is 0 Å². The Hall–Kier alpha value is -1.65. The van der Waals surface area contributed by atoms with Gasteiger partial charge in [0.2, 0.25) is 0 Å². The molecule has 0 spiro atoms. The predicted molar refractivity (Wildman–Crippen MR) is 94.1 cm³/mol. The van der Waals surface area contributed by atoms with Crippen molar-refractivity contribution in [3.05, 3.63) is 45.3 Å². The molecule has 0 aliphatic rings. The minimum atomic E-state index is -0.283. The van der Waals surface area contributed by atoms with Crippen molar-refractivity contribution in [2.45, 2.75) is 39.7 Å². The van der Waals surface area contributed by atoms with Crippen LogP contribution < -0.4 is 5.63 Å². The Morgan fingerprint density at radius 2 is 2.00 bits per heavy atom. The molecule has 0 aliphatic heterocycles. The van der Waals surface area contributed by atoms with Crippen LogP contribution in [-0.4, -0.2) is 32.2 Å². The minimum absolute atomic E-state index is 0.283. The van der Waals surface area contributed by atoms with E-state index in [4.69, 9.17) is 9.15 Å². The van der Waals surface area contributed by atoms with E-state index in [1.807, 2.05) is 6.07 Å². The van der Waals surface area contributed by atoms with Gasteiger partial charge in [0, 0.05) is 38.3 Å². The molecule has 1 heterocycles. The van der Waals surface area contributed by atoms with Crippen molar-refractivity contribution in [1.29, 1.82) is 0 Å². The van der Waals surface area contributed by atoms with Crippen molar-refractivity contribution in [2.24, 2.45) is 0 Å². The number of nitrogens with zero attached hydrogens (tertiary/aromatic N) is 1. The number of hydrogen-bond acceptors (Lipinski definition) is 4. The molecular weight excluding hydrogens is 290 g/mol. The van der Waals surface area contributed by atoms with Gasteiger partial charge in [0.05, 0.1) is 0 Å². The highest BCUT2D eigenvalue weighted by molar-refractivity contribution is 5.82. The number of rotatable bonds is 7. The predicted octanol–water partition coefficient (Wildman–Crippen LogP) is 3.69. The summed E-state index contributed by atoms with van der Waals surface area (Å²) in [4.78, 5) is 14.1. The normalized spacial score (nSPS) is 11.8. The maximum atomic E-state index is 11.9. The van der Waals surface area contributed by atoms with Crippen LogP contribution in [0.2, 0.25) is 0 Å². The summed E-state index contributed by atoms with van der Waals surface area (Å²) in [5, 5.41) is 1.04. The molecule has 1 aromatic heterocycles. The molecule has 0 aliphatic carbocycles. The Bertz CT molecular complexity index is 718. The zero-order valence-electron chi connectivity index (χ0n) is 14.8. The van der Waals surface area contributed by atoms with Gasteiger partial charge < -0.3 is 14.1 Å². The van der Waals surface area contributed by atoms with Crippen molar-refractivity contribution < 1.29 is 9.15 Å². The molecule has 0 atom stereocenters. The summed E-state index contributed by atoms with van der Waals surface area (Å²) >= 11 is 0. The Labute approximate surface area is 138 Å². The molecule has 0 radical (unpaired) electrons. The van der Waals surface area contributed by atoms with Gasteiger partial charge in [-0.1, -0.05) is 13.8 Å². The van der Waals surface area contributed by atoms with Crippen LogP contribution in [-0.2, 0) is 11.3 Å². The van der Waals surface area contributed by atoms with Crippen molar-refractivity contribution in [1.82, 2.24) is 4.90 Å². The number of hydrogen-bond donors (Lipinski definition) is 0. The Morgan fingerprint density at radius 3 is 2.65 bits per heavy atom. The van der Waals surface area contributed by atoms with Gasteiger partial charge in [0.15, 0.2) is 0 Å². The van der Waals surface area contributed by atoms with Crippen molar-refractivity contribution in [3.63, 3.8) is 0 Å². The molecular formula is C19H27NO3. The second kappa shape index (κ2) is 7.75. The molecule has 1 aromatic carbocycles. The quantitative estimate of drug-likeness (QED) is 0.577. The molecule has 4 nitrogen and oxygen atoms in total. The van der Waals surface area contributed by atoms with Crippen molar-refractivity contribution >= 4 is 11.0 Å². The highest BCUT2D eigenvalue weighted by Crippen LogP contribution is 2.27. The maximum Gasteiger partial charge on any atom is 0.336 e. The van der Waals surface area contributed by atoms with E-state index in [0.717, 1.165) is 37.1 Å². The standard InChI is InChI=1S/C19H27NO3/c1-13(2)16-11-17-15(12-20(4)7-6-8-22-5)10-19(21)23-18(17)9-14(16)3/h9-11,13H,6-8,12H2,1-5H3. The summed E-state index contributed by atoms with van der Waals surface area (Å²) < 4.78 is 10.5. The zero-order chi connectivity index (χ0) is 17.0. The summed E-state index contributed by atoms with van der Waals surface area (Å²) in [5.41, 5.74) is 3.89. The van der Waals surface area contributed by atoms with E-state index in [1.165, 1.54) is 11.1 Å². The van der Waals surface area contributed by atoms with Crippen molar-refractivity contribution in [2.75, 3.05) is 27.3 Å². The van der Waals surface area contributed by atoms with E-state index in [2.05, 4.69) is 38.8 Å². The minimum Gasteiger partial charge on any atom is -0.423 e. The molecule has 0 unspecified atom stereocenters. The lowest BCUT2D eigenvalue weighted by atomic mass is 9.95. The maximum absolute atomic E-state index is 11.9. The third-order valence-corrected chi connectivity index (χ3v) is 4.17. The number of fused-ring (bicyclic) bond motifs is 1. The monoisotopic (exact) mass is 317 g/mol. The molecule has 0 saturated heterocycles. The van der Waals surface area contributed by atoms with Gasteiger partial charge in [0.1, 0.15) is 5.58 Å². The lowest BCUT2D eigenvalue weighted by Crippen LogP contribution is -2.21. The third-order valence-electron chi connectivity index (χ3n) is 4.17. The molecule has 2 aromatic rings. The Balaban J connectivity index is 2.38. The number of ether oxygens (including phenoxy) is 1. The topological polar surface area (TPSA) is 42.7 Å². The van der Waals surface area contributed by atoms with E-state index in [1.54, 1.807) is 13.2 Å². The first kappa shape index (κ1) is 17.7. The summed E-state index contributed by atoms with van der Waals surface area (Å²) in [7, 11) is 3.78. The SMILES string of the molecule is COCCCN(C)Cc1cc(=O)oc2cc(C)c(C(C)C)cc12. The van der Waals surface area contributed by atoms with E-state index < -0.39 is 0 Å². The zero-order valence-corrected chi connectivity index (χ0v) is 14.8. The van der Waals surface area contributed by atoms with Crippen LogP contribution in [0.1, 0.15) is 42.9 Å². The van der Waals surface area contributed by atoms with Crippen LogP contribution in [0.3, 0.4) is 0 Å². The number of methoxy groups -OCH3 is 1. The third kappa shape index (κ3) is 4.43. The molecule has 2 rings (SSSR count). The van der Waals surface area contributed by atoms with Gasteiger partial charge in [-0.3, -0.25) is 0 Å². The number of aryl methyl sites for hydroxylation is 1. The van der Waals surface area contributed by atoms with Crippen LogP contribution in [0.4, 0.5) is 0 Å². The van der Waals surface area contributed by atoms with E-state index in [-0.39, 0.29) is 5.63 Å². The molecule has 0 fully saturated rings. The van der Waals surface area contributed by atoms with Crippen LogP contribution >= 0.6 is 0 Å². The van der Waals surface area contributed by atoms with Gasteiger partial charge in [-0.05, 0) is 55.1 Å². The largest absolute Gasteiger partial charge is 0.423 e. The molecule has 0 bridgehead atoms. The fourth-order valence-corrected chi connectivity index (χ4v) is 2.99. The van der Waals surface area contributed by atoms with Crippen molar-refractivity contribution in [3.8, 4) is 0 Å². The lowest BCUT2D eigenvalue weighted by molar-refractivity contribution is 0.178. The van der Waals surface area contributed by atoms with E-state index in [0.29, 0.717) is 11.5 Å². The summed E-state index contributed by atoms with van der Waals surface area (Å²) in [6, 6.07) is 5.78. The first-order chi connectivity index (χ1) is 10.9. The van der Waals surface area contributed by atoms with Crippen LogP contribution in [0.5, 0.6) is 0 Å². The molecule has 0 N–H and O–H groups in total. The Kier molecular flexibility index (Phi) is 5.97. The second-order valence-corrected chi connectivity index (χ2v) is 6.53. The molecule has 23 heavy (non-hydrogen) atoms. The van der Waals surface area contributed by atoms with Gasteiger partial charge in [-0.2, -0.15) is 0 Å². The summed E-state index contributed by atoms with van der Waals surface area (Å²) in [6.45, 7) is 8.84. The van der Waals surface area contributed by atoms with Crippen LogP contribution in [0.25, 0.3) is 11.0 Å². The van der Waals surface area contributed by atoms with Gasteiger partial charge in [-0.15, -0.1) is 0 Å². The second-order valence-electron chi connectivity index (χ2n) is 6.53. The van der Waals surface area contributed by atoms with Gasteiger partial charge >= 0.3 is 5.63 Å².